The number of halogens is 3. The van der Waals surface area contributed by atoms with Gasteiger partial charge in [-0.2, -0.15) is 13.2 Å². The molecule has 1 aromatic carbocycles. The number of thioether (sulfide) groups is 2. The summed E-state index contributed by atoms with van der Waals surface area (Å²) in [6, 6.07) is 5.58. The van der Waals surface area contributed by atoms with Crippen LogP contribution in [0.5, 0.6) is 0 Å². The fourth-order valence-corrected chi connectivity index (χ4v) is 6.43. The molecule has 0 aliphatic carbocycles. The average molecular weight is 401 g/mol. The van der Waals surface area contributed by atoms with Crippen molar-refractivity contribution in [1.29, 1.82) is 0 Å². The first kappa shape index (κ1) is 19.7. The smallest absolute Gasteiger partial charge is 0.335 e. The molecular formula is C19H23F3N2S2. The number of nitrogens with zero attached hydrogens (tertiary/aromatic N) is 2. The van der Waals surface area contributed by atoms with Crippen LogP contribution in [0.1, 0.15) is 30.9 Å². The lowest BCUT2D eigenvalue weighted by molar-refractivity contribution is -0.137. The molecule has 142 valence electrons. The zero-order valence-corrected chi connectivity index (χ0v) is 16.3. The average Bonchev–Trinajstić information content (AvgIpc) is 3.10. The van der Waals surface area contributed by atoms with Gasteiger partial charge in [0.2, 0.25) is 0 Å². The van der Waals surface area contributed by atoms with E-state index in [9.17, 15) is 13.2 Å². The molecule has 1 aliphatic heterocycles. The van der Waals surface area contributed by atoms with Crippen molar-refractivity contribution in [3.05, 3.63) is 54.1 Å². The number of imidazole rings is 1. The van der Waals surface area contributed by atoms with E-state index in [2.05, 4.69) is 16.5 Å². The number of aromatic nitrogens is 2. The maximum Gasteiger partial charge on any atom is 0.416 e. The predicted octanol–water partition coefficient (Wildman–Crippen LogP) is 5.74. The standard InChI is InChI=1S/C19H23F3N2S2/c1-15-11-25-18(26-12-15,13-24-10-9-23-14-24)8-2-3-16-4-6-17(7-5-16)19(20,21)22/h4-7,9-10,14-15H,2-3,8,11-13H2,1H3. The summed E-state index contributed by atoms with van der Waals surface area (Å²) in [7, 11) is 0. The van der Waals surface area contributed by atoms with Gasteiger partial charge in [-0.1, -0.05) is 19.1 Å². The van der Waals surface area contributed by atoms with Gasteiger partial charge in [0.15, 0.2) is 0 Å². The van der Waals surface area contributed by atoms with Crippen LogP contribution in [0.2, 0.25) is 0 Å². The molecule has 1 aliphatic rings. The molecule has 0 N–H and O–H groups in total. The van der Waals surface area contributed by atoms with E-state index in [0.717, 1.165) is 48.8 Å². The number of hydrogen-bond acceptors (Lipinski definition) is 3. The van der Waals surface area contributed by atoms with Crippen molar-refractivity contribution in [3.63, 3.8) is 0 Å². The van der Waals surface area contributed by atoms with E-state index in [0.29, 0.717) is 0 Å². The maximum atomic E-state index is 12.7. The zero-order chi connectivity index (χ0) is 18.6. The fourth-order valence-electron chi connectivity index (χ4n) is 3.07. The Kier molecular flexibility index (Phi) is 6.28. The monoisotopic (exact) mass is 400 g/mol. The van der Waals surface area contributed by atoms with E-state index in [1.165, 1.54) is 12.1 Å². The highest BCUT2D eigenvalue weighted by Gasteiger charge is 2.35. The van der Waals surface area contributed by atoms with Gasteiger partial charge in [0.25, 0.3) is 0 Å². The minimum absolute atomic E-state index is 0.124. The third kappa shape index (κ3) is 5.22. The quantitative estimate of drug-likeness (QED) is 0.616. The van der Waals surface area contributed by atoms with Crippen molar-refractivity contribution in [2.45, 2.75) is 43.0 Å². The van der Waals surface area contributed by atoms with E-state index in [4.69, 9.17) is 0 Å². The summed E-state index contributed by atoms with van der Waals surface area (Å²) < 4.78 is 40.2. The van der Waals surface area contributed by atoms with Crippen molar-refractivity contribution in [1.82, 2.24) is 9.55 Å². The Morgan fingerprint density at radius 1 is 1.19 bits per heavy atom. The van der Waals surface area contributed by atoms with Crippen LogP contribution in [0.25, 0.3) is 0 Å². The van der Waals surface area contributed by atoms with Crippen molar-refractivity contribution in [2.24, 2.45) is 5.92 Å². The number of alkyl halides is 3. The Morgan fingerprint density at radius 3 is 2.46 bits per heavy atom. The Labute approximate surface area is 161 Å². The van der Waals surface area contributed by atoms with Crippen molar-refractivity contribution in [3.8, 4) is 0 Å². The summed E-state index contributed by atoms with van der Waals surface area (Å²) in [5, 5.41) is 0. The molecule has 0 amide bonds. The van der Waals surface area contributed by atoms with E-state index >= 15 is 0 Å². The molecule has 2 nitrogen and oxygen atoms in total. The largest absolute Gasteiger partial charge is 0.416 e. The van der Waals surface area contributed by atoms with Gasteiger partial charge in [-0.15, -0.1) is 23.5 Å². The molecule has 0 spiro atoms. The van der Waals surface area contributed by atoms with Gasteiger partial charge >= 0.3 is 6.18 Å². The van der Waals surface area contributed by atoms with E-state index < -0.39 is 11.7 Å². The van der Waals surface area contributed by atoms with Gasteiger partial charge in [-0.3, -0.25) is 0 Å². The third-order valence-corrected chi connectivity index (χ3v) is 8.45. The number of hydrogen-bond donors (Lipinski definition) is 0. The van der Waals surface area contributed by atoms with Crippen LogP contribution in [0.4, 0.5) is 13.2 Å². The molecule has 1 saturated heterocycles. The van der Waals surface area contributed by atoms with Crippen molar-refractivity contribution >= 4 is 23.5 Å². The normalized spacial score (nSPS) is 23.9. The summed E-state index contributed by atoms with van der Waals surface area (Å²) in [4.78, 5) is 4.14. The molecule has 1 aromatic heterocycles. The molecule has 0 saturated carbocycles. The van der Waals surface area contributed by atoms with Crippen molar-refractivity contribution < 1.29 is 13.2 Å². The molecule has 2 aromatic rings. The summed E-state index contributed by atoms with van der Waals surface area (Å²) in [5.41, 5.74) is 0.389. The first-order valence-corrected chi connectivity index (χ1v) is 10.7. The van der Waals surface area contributed by atoms with Gasteiger partial charge in [0, 0.05) is 18.9 Å². The first-order chi connectivity index (χ1) is 12.4. The van der Waals surface area contributed by atoms with Crippen LogP contribution >= 0.6 is 23.5 Å². The highest BCUT2D eigenvalue weighted by molar-refractivity contribution is 8.18. The lowest BCUT2D eigenvalue weighted by Crippen LogP contribution is -2.33. The second kappa shape index (κ2) is 8.30. The minimum Gasteiger partial charge on any atom is -0.335 e. The molecule has 3 rings (SSSR count). The van der Waals surface area contributed by atoms with Gasteiger partial charge in [0.05, 0.1) is 16.0 Å². The van der Waals surface area contributed by atoms with Crippen LogP contribution < -0.4 is 0 Å². The number of benzene rings is 1. The van der Waals surface area contributed by atoms with Crippen LogP contribution in [0.15, 0.2) is 43.0 Å². The molecule has 0 radical (unpaired) electrons. The van der Waals surface area contributed by atoms with Gasteiger partial charge < -0.3 is 4.57 Å². The van der Waals surface area contributed by atoms with Crippen LogP contribution in [-0.2, 0) is 19.1 Å². The van der Waals surface area contributed by atoms with Gasteiger partial charge in [-0.25, -0.2) is 4.98 Å². The third-order valence-electron chi connectivity index (χ3n) is 4.55. The number of aryl methyl sites for hydroxylation is 1. The highest BCUT2D eigenvalue weighted by Crippen LogP contribution is 2.48. The maximum absolute atomic E-state index is 12.7. The highest BCUT2D eigenvalue weighted by atomic mass is 32.2. The molecule has 2 heterocycles. The van der Waals surface area contributed by atoms with Crippen molar-refractivity contribution in [2.75, 3.05) is 11.5 Å². The second-order valence-electron chi connectivity index (χ2n) is 6.92. The molecular weight excluding hydrogens is 377 g/mol. The molecule has 26 heavy (non-hydrogen) atoms. The van der Waals surface area contributed by atoms with Gasteiger partial charge in [-0.05, 0) is 54.4 Å². The lowest BCUT2D eigenvalue weighted by Gasteiger charge is -2.38. The Balaban J connectivity index is 1.59. The van der Waals surface area contributed by atoms with Crippen LogP contribution in [0.3, 0.4) is 0 Å². The van der Waals surface area contributed by atoms with E-state index in [1.54, 1.807) is 18.3 Å². The molecule has 1 fully saturated rings. The second-order valence-corrected chi connectivity index (χ2v) is 9.99. The topological polar surface area (TPSA) is 17.8 Å². The molecule has 0 bridgehead atoms. The lowest BCUT2D eigenvalue weighted by atomic mass is 10.0. The first-order valence-electron chi connectivity index (χ1n) is 8.76. The fraction of sp³-hybridized carbons (Fsp3) is 0.526. The Morgan fingerprint density at radius 2 is 1.88 bits per heavy atom. The predicted molar refractivity (Wildman–Crippen MR) is 103 cm³/mol. The summed E-state index contributed by atoms with van der Waals surface area (Å²) >= 11 is 4.05. The zero-order valence-electron chi connectivity index (χ0n) is 14.7. The minimum atomic E-state index is -4.26. The SMILES string of the molecule is CC1CSC(CCCc2ccc(C(F)(F)F)cc2)(Cn2ccnc2)SC1. The van der Waals surface area contributed by atoms with E-state index in [1.807, 2.05) is 36.0 Å². The van der Waals surface area contributed by atoms with Gasteiger partial charge in [0.1, 0.15) is 0 Å². The molecule has 7 heteroatoms. The summed E-state index contributed by atoms with van der Waals surface area (Å²) in [6.45, 7) is 3.20. The van der Waals surface area contributed by atoms with E-state index in [-0.39, 0.29) is 4.08 Å². The summed E-state index contributed by atoms with van der Waals surface area (Å²) in [6.07, 6.45) is 4.20. The summed E-state index contributed by atoms with van der Waals surface area (Å²) in [5.74, 6) is 3.03. The Hall–Kier alpha value is -1.08. The molecule has 0 unspecified atom stereocenters. The number of rotatable bonds is 6. The van der Waals surface area contributed by atoms with Crippen LogP contribution in [-0.4, -0.2) is 25.1 Å². The van der Waals surface area contributed by atoms with Crippen LogP contribution in [0, 0.1) is 5.92 Å². The molecule has 0 atom stereocenters. The Bertz CT molecular complexity index is 676.